The van der Waals surface area contributed by atoms with Gasteiger partial charge in [-0.25, -0.2) is 13.2 Å². The van der Waals surface area contributed by atoms with Gasteiger partial charge in [-0.3, -0.25) is 4.79 Å². The first-order valence-electron chi connectivity index (χ1n) is 9.57. The predicted octanol–water partition coefficient (Wildman–Crippen LogP) is 2.24. The van der Waals surface area contributed by atoms with Gasteiger partial charge in [0.2, 0.25) is 16.1 Å². The van der Waals surface area contributed by atoms with Gasteiger partial charge >= 0.3 is 11.9 Å². The molecule has 2 heterocycles. The van der Waals surface area contributed by atoms with E-state index >= 15 is 0 Å². The molecule has 0 aromatic heterocycles. The molecule has 0 bridgehead atoms. The number of ether oxygens (including phenoxy) is 2. The van der Waals surface area contributed by atoms with Crippen LogP contribution in [0.5, 0.6) is 0 Å². The van der Waals surface area contributed by atoms with Crippen molar-refractivity contribution in [2.75, 3.05) is 19.7 Å². The Morgan fingerprint density at radius 2 is 1.71 bits per heavy atom. The molecule has 0 saturated carbocycles. The van der Waals surface area contributed by atoms with Crippen LogP contribution >= 0.6 is 0 Å². The van der Waals surface area contributed by atoms with Crippen molar-refractivity contribution in [2.45, 2.75) is 56.4 Å². The van der Waals surface area contributed by atoms with Crippen molar-refractivity contribution in [2.24, 2.45) is 5.92 Å². The minimum Gasteiger partial charge on any atom is -0.463 e. The molecule has 7 nitrogen and oxygen atoms in total. The summed E-state index contributed by atoms with van der Waals surface area (Å²) in [5.74, 6) is -1.36. The Morgan fingerprint density at radius 1 is 1.11 bits per heavy atom. The van der Waals surface area contributed by atoms with Crippen LogP contribution in [0.25, 0.3) is 0 Å². The Balaban J connectivity index is 1.60. The largest absolute Gasteiger partial charge is 0.463 e. The highest BCUT2D eigenvalue weighted by Gasteiger charge is 2.36. The quantitative estimate of drug-likeness (QED) is 0.709. The van der Waals surface area contributed by atoms with Gasteiger partial charge in [-0.1, -0.05) is 32.9 Å². The van der Waals surface area contributed by atoms with Crippen molar-refractivity contribution >= 4 is 22.0 Å². The summed E-state index contributed by atoms with van der Waals surface area (Å²) in [4.78, 5) is 24.0. The number of hydrogen-bond donors (Lipinski definition) is 0. The van der Waals surface area contributed by atoms with Gasteiger partial charge in [0.15, 0.2) is 0 Å². The van der Waals surface area contributed by atoms with Crippen LogP contribution in [0.2, 0.25) is 0 Å². The van der Waals surface area contributed by atoms with Crippen molar-refractivity contribution in [1.29, 1.82) is 0 Å². The predicted molar refractivity (Wildman–Crippen MR) is 102 cm³/mol. The molecule has 2 aliphatic rings. The topological polar surface area (TPSA) is 90.0 Å². The van der Waals surface area contributed by atoms with Crippen LogP contribution in [0, 0.1) is 5.92 Å². The molecule has 0 amide bonds. The highest BCUT2D eigenvalue weighted by atomic mass is 32.2. The number of esters is 2. The number of carbonyl (C=O) groups is 2. The summed E-state index contributed by atoms with van der Waals surface area (Å²) in [6.07, 6.45) is 0.304. The van der Waals surface area contributed by atoms with Gasteiger partial charge < -0.3 is 9.47 Å². The number of cyclic esters (lactones) is 1. The van der Waals surface area contributed by atoms with E-state index in [0.29, 0.717) is 19.3 Å². The van der Waals surface area contributed by atoms with Gasteiger partial charge in [-0.05, 0) is 36.0 Å². The molecule has 8 heteroatoms. The summed E-state index contributed by atoms with van der Waals surface area (Å²) in [6.45, 7) is 6.99. The van der Waals surface area contributed by atoms with Crippen LogP contribution in [0.4, 0.5) is 0 Å². The normalized spacial score (nSPS) is 22.1. The second-order valence-corrected chi connectivity index (χ2v) is 10.3. The average Bonchev–Trinajstić information content (AvgIpc) is 3.06. The Bertz CT molecular complexity index is 832. The Kier molecular flexibility index (Phi) is 5.82. The van der Waals surface area contributed by atoms with Crippen LogP contribution in [0.1, 0.15) is 45.6 Å². The number of carbonyl (C=O) groups excluding carboxylic acids is 2. The highest BCUT2D eigenvalue weighted by molar-refractivity contribution is 7.89. The standard InChI is InChI=1S/C20H27NO6S/c1-20(2,3)15-4-6-16(7-5-15)28(24,25)21-11-8-14(9-12-21)18(22)27-17-10-13-26-19(17)23/h4-7,14,17H,8-13H2,1-3H3. The van der Waals surface area contributed by atoms with E-state index in [1.807, 2.05) is 12.1 Å². The maximum atomic E-state index is 12.9. The van der Waals surface area contributed by atoms with E-state index in [1.165, 1.54) is 4.31 Å². The van der Waals surface area contributed by atoms with E-state index < -0.39 is 34.0 Å². The Hall–Kier alpha value is -1.93. The lowest BCUT2D eigenvalue weighted by molar-refractivity contribution is -0.164. The first kappa shape index (κ1) is 20.8. The maximum absolute atomic E-state index is 12.9. The molecule has 2 fully saturated rings. The zero-order valence-electron chi connectivity index (χ0n) is 16.5. The van der Waals surface area contributed by atoms with Crippen molar-refractivity contribution in [1.82, 2.24) is 4.31 Å². The van der Waals surface area contributed by atoms with Crippen LogP contribution in [-0.2, 0) is 34.5 Å². The van der Waals surface area contributed by atoms with E-state index in [4.69, 9.17) is 9.47 Å². The molecule has 0 spiro atoms. The monoisotopic (exact) mass is 409 g/mol. The molecule has 1 aromatic carbocycles. The number of hydrogen-bond acceptors (Lipinski definition) is 6. The molecule has 3 rings (SSSR count). The second-order valence-electron chi connectivity index (χ2n) is 8.33. The third-order valence-corrected chi connectivity index (χ3v) is 7.20. The van der Waals surface area contributed by atoms with Crippen molar-refractivity contribution in [3.63, 3.8) is 0 Å². The molecular formula is C20H27NO6S. The smallest absolute Gasteiger partial charge is 0.347 e. The van der Waals surface area contributed by atoms with Gasteiger partial charge in [-0.2, -0.15) is 4.31 Å². The molecule has 0 N–H and O–H groups in total. The van der Waals surface area contributed by atoms with E-state index in [9.17, 15) is 18.0 Å². The maximum Gasteiger partial charge on any atom is 0.347 e. The third kappa shape index (κ3) is 4.38. The van der Waals surface area contributed by atoms with E-state index in [-0.39, 0.29) is 30.0 Å². The third-order valence-electron chi connectivity index (χ3n) is 5.29. The van der Waals surface area contributed by atoms with Gasteiger partial charge in [0.05, 0.1) is 17.4 Å². The number of sulfonamides is 1. The first-order chi connectivity index (χ1) is 13.1. The second kappa shape index (κ2) is 7.83. The Labute approximate surface area is 166 Å². The zero-order chi connectivity index (χ0) is 20.5. The first-order valence-corrected chi connectivity index (χ1v) is 11.0. The fourth-order valence-corrected chi connectivity index (χ4v) is 4.90. The number of nitrogens with zero attached hydrogens (tertiary/aromatic N) is 1. The molecule has 2 saturated heterocycles. The van der Waals surface area contributed by atoms with E-state index in [1.54, 1.807) is 12.1 Å². The van der Waals surface area contributed by atoms with Gasteiger partial charge in [0, 0.05) is 19.5 Å². The molecule has 1 atom stereocenters. The summed E-state index contributed by atoms with van der Waals surface area (Å²) in [7, 11) is -3.60. The summed E-state index contributed by atoms with van der Waals surface area (Å²) in [5.41, 5.74) is 1.02. The van der Waals surface area contributed by atoms with Crippen molar-refractivity contribution in [3.05, 3.63) is 29.8 Å². The molecule has 1 unspecified atom stereocenters. The number of rotatable bonds is 4. The fourth-order valence-electron chi connectivity index (χ4n) is 3.43. The van der Waals surface area contributed by atoms with Gasteiger partial charge in [0.25, 0.3) is 0 Å². The fraction of sp³-hybridized carbons (Fsp3) is 0.600. The van der Waals surface area contributed by atoms with Crippen LogP contribution < -0.4 is 0 Å². The summed E-state index contributed by atoms with van der Waals surface area (Å²) >= 11 is 0. The minimum absolute atomic E-state index is 0.0489. The number of benzene rings is 1. The molecule has 2 aliphatic heterocycles. The zero-order valence-corrected chi connectivity index (χ0v) is 17.3. The molecule has 0 radical (unpaired) electrons. The molecule has 0 aliphatic carbocycles. The van der Waals surface area contributed by atoms with Crippen molar-refractivity contribution in [3.8, 4) is 0 Å². The molecule has 1 aromatic rings. The average molecular weight is 410 g/mol. The summed E-state index contributed by atoms with van der Waals surface area (Å²) in [5, 5.41) is 0. The van der Waals surface area contributed by atoms with Crippen molar-refractivity contribution < 1.29 is 27.5 Å². The lowest BCUT2D eigenvalue weighted by Gasteiger charge is -2.30. The molecule has 154 valence electrons. The molecular weight excluding hydrogens is 382 g/mol. The lowest BCUT2D eigenvalue weighted by Crippen LogP contribution is -2.41. The summed E-state index contributed by atoms with van der Waals surface area (Å²) < 4.78 is 37.2. The lowest BCUT2D eigenvalue weighted by atomic mass is 9.87. The SMILES string of the molecule is CC(C)(C)c1ccc(S(=O)(=O)N2CCC(C(=O)OC3CCOC3=O)CC2)cc1. The Morgan fingerprint density at radius 3 is 2.21 bits per heavy atom. The summed E-state index contributed by atoms with van der Waals surface area (Å²) in [6, 6.07) is 6.97. The van der Waals surface area contributed by atoms with Crippen LogP contribution in [-0.4, -0.2) is 50.5 Å². The van der Waals surface area contributed by atoms with E-state index in [0.717, 1.165) is 5.56 Å². The van der Waals surface area contributed by atoms with Crippen LogP contribution in [0.15, 0.2) is 29.2 Å². The molecule has 28 heavy (non-hydrogen) atoms. The number of piperidine rings is 1. The van der Waals surface area contributed by atoms with Gasteiger partial charge in [-0.15, -0.1) is 0 Å². The van der Waals surface area contributed by atoms with Crippen LogP contribution in [0.3, 0.4) is 0 Å². The van der Waals surface area contributed by atoms with E-state index in [2.05, 4.69) is 20.8 Å². The van der Waals surface area contributed by atoms with Gasteiger partial charge in [0.1, 0.15) is 0 Å². The highest BCUT2D eigenvalue weighted by Crippen LogP contribution is 2.28. The minimum atomic E-state index is -3.60.